The van der Waals surface area contributed by atoms with E-state index in [4.69, 9.17) is 4.74 Å². The second kappa shape index (κ2) is 7.03. The van der Waals surface area contributed by atoms with Crippen molar-refractivity contribution in [1.82, 2.24) is 10.2 Å². The van der Waals surface area contributed by atoms with Crippen molar-refractivity contribution < 1.29 is 9.53 Å². The predicted octanol–water partition coefficient (Wildman–Crippen LogP) is 2.55. The number of anilines is 2. The molecule has 0 aliphatic rings. The molecule has 0 radical (unpaired) electrons. The zero-order valence-corrected chi connectivity index (χ0v) is 13.0. The first-order chi connectivity index (χ1) is 10.1. The molecule has 1 amide bonds. The molecule has 0 aliphatic heterocycles. The van der Waals surface area contributed by atoms with Crippen LogP contribution in [0.5, 0.6) is 5.75 Å². The number of hydrogen-bond acceptors (Lipinski definition) is 6. The van der Waals surface area contributed by atoms with Crippen LogP contribution in [0.2, 0.25) is 0 Å². The molecule has 0 saturated heterocycles. The van der Waals surface area contributed by atoms with Crippen LogP contribution < -0.4 is 15.4 Å². The van der Waals surface area contributed by atoms with Crippen molar-refractivity contribution in [3.8, 4) is 5.75 Å². The number of benzene rings is 1. The van der Waals surface area contributed by atoms with E-state index in [0.717, 1.165) is 22.9 Å². The third kappa shape index (κ3) is 4.16. The molecule has 6 nitrogen and oxygen atoms in total. The van der Waals surface area contributed by atoms with E-state index in [1.807, 2.05) is 31.2 Å². The minimum atomic E-state index is -0.382. The maximum Gasteiger partial charge on any atom is 0.248 e. The predicted molar refractivity (Wildman–Crippen MR) is 84.0 cm³/mol. The number of ether oxygens (including phenoxy) is 1. The highest BCUT2D eigenvalue weighted by atomic mass is 32.1. The van der Waals surface area contributed by atoms with E-state index in [0.29, 0.717) is 5.13 Å². The number of aryl methyl sites for hydroxylation is 1. The average Bonchev–Trinajstić information content (AvgIpc) is 2.95. The summed E-state index contributed by atoms with van der Waals surface area (Å²) in [7, 11) is 1.62. The molecule has 0 spiro atoms. The molecule has 0 aliphatic carbocycles. The number of carbonyl (C=O) groups excluding carboxylic acids is 1. The monoisotopic (exact) mass is 306 g/mol. The Labute approximate surface area is 127 Å². The van der Waals surface area contributed by atoms with Gasteiger partial charge >= 0.3 is 0 Å². The standard InChI is InChI=1S/C14H18N4O2S/c1-4-12-17-18-14(21-12)16-13(19)9(2)15-10-5-7-11(20-3)8-6-10/h5-9,15H,4H2,1-3H3,(H,16,18,19)/t9-/m0/s1. The van der Waals surface area contributed by atoms with Gasteiger partial charge in [0.15, 0.2) is 0 Å². The molecule has 2 N–H and O–H groups in total. The van der Waals surface area contributed by atoms with Gasteiger partial charge in [-0.05, 0) is 37.6 Å². The Hall–Kier alpha value is -2.15. The van der Waals surface area contributed by atoms with Crippen molar-refractivity contribution in [2.75, 3.05) is 17.7 Å². The molecular formula is C14H18N4O2S. The Balaban J connectivity index is 1.92. The largest absolute Gasteiger partial charge is 0.497 e. The second-order valence-corrected chi connectivity index (χ2v) is 5.50. The normalized spacial score (nSPS) is 11.8. The maximum absolute atomic E-state index is 12.1. The first kappa shape index (κ1) is 15.2. The van der Waals surface area contributed by atoms with Gasteiger partial charge in [0.1, 0.15) is 16.8 Å². The number of nitrogens with zero attached hydrogens (tertiary/aromatic N) is 2. The summed E-state index contributed by atoms with van der Waals surface area (Å²) in [5.74, 6) is 0.628. The Morgan fingerprint density at radius 1 is 1.33 bits per heavy atom. The smallest absolute Gasteiger partial charge is 0.248 e. The van der Waals surface area contributed by atoms with Gasteiger partial charge in [-0.15, -0.1) is 10.2 Å². The summed E-state index contributed by atoms with van der Waals surface area (Å²) in [5, 5.41) is 15.2. The molecular weight excluding hydrogens is 288 g/mol. The molecule has 1 atom stereocenters. The number of hydrogen-bond donors (Lipinski definition) is 2. The highest BCUT2D eigenvalue weighted by molar-refractivity contribution is 7.15. The van der Waals surface area contributed by atoms with Gasteiger partial charge in [-0.3, -0.25) is 10.1 Å². The molecule has 0 unspecified atom stereocenters. The molecule has 112 valence electrons. The highest BCUT2D eigenvalue weighted by Gasteiger charge is 2.15. The van der Waals surface area contributed by atoms with Gasteiger partial charge in [0.25, 0.3) is 0 Å². The number of methoxy groups -OCH3 is 1. The van der Waals surface area contributed by atoms with Crippen molar-refractivity contribution in [2.45, 2.75) is 26.3 Å². The Bertz CT molecular complexity index is 597. The third-order valence-electron chi connectivity index (χ3n) is 2.87. The van der Waals surface area contributed by atoms with Crippen LogP contribution in [0.3, 0.4) is 0 Å². The van der Waals surface area contributed by atoms with E-state index in [9.17, 15) is 4.79 Å². The Kier molecular flexibility index (Phi) is 5.10. The fourth-order valence-corrected chi connectivity index (χ4v) is 2.35. The highest BCUT2D eigenvalue weighted by Crippen LogP contribution is 2.18. The molecule has 0 bridgehead atoms. The minimum absolute atomic E-state index is 0.148. The van der Waals surface area contributed by atoms with Gasteiger partial charge in [0, 0.05) is 5.69 Å². The topological polar surface area (TPSA) is 76.1 Å². The summed E-state index contributed by atoms with van der Waals surface area (Å²) in [6.07, 6.45) is 0.813. The Morgan fingerprint density at radius 2 is 2.05 bits per heavy atom. The maximum atomic E-state index is 12.1. The first-order valence-electron chi connectivity index (χ1n) is 6.66. The minimum Gasteiger partial charge on any atom is -0.497 e. The lowest BCUT2D eigenvalue weighted by Gasteiger charge is -2.14. The van der Waals surface area contributed by atoms with E-state index in [1.165, 1.54) is 11.3 Å². The van der Waals surface area contributed by atoms with Gasteiger partial charge in [-0.25, -0.2) is 0 Å². The van der Waals surface area contributed by atoms with Crippen molar-refractivity contribution in [1.29, 1.82) is 0 Å². The summed E-state index contributed by atoms with van der Waals surface area (Å²) in [5.41, 5.74) is 0.852. The van der Waals surface area contributed by atoms with Crippen molar-refractivity contribution in [3.05, 3.63) is 29.3 Å². The lowest BCUT2D eigenvalue weighted by Crippen LogP contribution is -2.31. The van der Waals surface area contributed by atoms with Gasteiger partial charge in [-0.2, -0.15) is 0 Å². The van der Waals surface area contributed by atoms with Crippen LogP contribution in [0.1, 0.15) is 18.9 Å². The lowest BCUT2D eigenvalue weighted by atomic mass is 10.2. The van der Waals surface area contributed by atoms with Gasteiger partial charge in [0.2, 0.25) is 11.0 Å². The molecule has 2 rings (SSSR count). The fraction of sp³-hybridized carbons (Fsp3) is 0.357. The van der Waals surface area contributed by atoms with Gasteiger partial charge in [-0.1, -0.05) is 18.3 Å². The van der Waals surface area contributed by atoms with Crippen LogP contribution in [-0.4, -0.2) is 29.3 Å². The molecule has 0 fully saturated rings. The lowest BCUT2D eigenvalue weighted by molar-refractivity contribution is -0.116. The van der Waals surface area contributed by atoms with Gasteiger partial charge < -0.3 is 10.1 Å². The van der Waals surface area contributed by atoms with Crippen molar-refractivity contribution in [3.63, 3.8) is 0 Å². The van der Waals surface area contributed by atoms with E-state index < -0.39 is 0 Å². The van der Waals surface area contributed by atoms with Crippen LogP contribution in [0.4, 0.5) is 10.8 Å². The van der Waals surface area contributed by atoms with Gasteiger partial charge in [0.05, 0.1) is 7.11 Å². The summed E-state index contributed by atoms with van der Waals surface area (Å²) >= 11 is 1.39. The summed E-state index contributed by atoms with van der Waals surface area (Å²) in [4.78, 5) is 12.1. The zero-order valence-electron chi connectivity index (χ0n) is 12.2. The Morgan fingerprint density at radius 3 is 2.62 bits per heavy atom. The SMILES string of the molecule is CCc1nnc(NC(=O)[C@H](C)Nc2ccc(OC)cc2)s1. The summed E-state index contributed by atoms with van der Waals surface area (Å²) < 4.78 is 5.09. The second-order valence-electron chi connectivity index (χ2n) is 4.44. The number of nitrogens with one attached hydrogen (secondary N) is 2. The fourth-order valence-electron chi connectivity index (χ4n) is 1.66. The quantitative estimate of drug-likeness (QED) is 0.857. The van der Waals surface area contributed by atoms with E-state index in [1.54, 1.807) is 14.0 Å². The van der Waals surface area contributed by atoms with Crippen LogP contribution in [0.25, 0.3) is 0 Å². The number of rotatable bonds is 6. The van der Waals surface area contributed by atoms with Crippen LogP contribution in [0, 0.1) is 0 Å². The number of carbonyl (C=O) groups is 1. The molecule has 2 aromatic rings. The zero-order chi connectivity index (χ0) is 15.2. The molecule has 7 heteroatoms. The average molecular weight is 306 g/mol. The number of aromatic nitrogens is 2. The summed E-state index contributed by atoms with van der Waals surface area (Å²) in [6, 6.07) is 7.02. The molecule has 21 heavy (non-hydrogen) atoms. The van der Waals surface area contributed by atoms with Crippen LogP contribution in [-0.2, 0) is 11.2 Å². The first-order valence-corrected chi connectivity index (χ1v) is 7.48. The van der Waals surface area contributed by atoms with E-state index >= 15 is 0 Å². The van der Waals surface area contributed by atoms with Crippen molar-refractivity contribution in [2.24, 2.45) is 0 Å². The van der Waals surface area contributed by atoms with E-state index in [2.05, 4.69) is 20.8 Å². The summed E-state index contributed by atoms with van der Waals surface area (Å²) in [6.45, 7) is 3.79. The van der Waals surface area contributed by atoms with E-state index in [-0.39, 0.29) is 11.9 Å². The third-order valence-corrected chi connectivity index (χ3v) is 3.85. The van der Waals surface area contributed by atoms with Crippen LogP contribution >= 0.6 is 11.3 Å². The molecule has 0 saturated carbocycles. The molecule has 1 aromatic heterocycles. The van der Waals surface area contributed by atoms with Crippen molar-refractivity contribution >= 4 is 28.1 Å². The van der Waals surface area contributed by atoms with Crippen LogP contribution in [0.15, 0.2) is 24.3 Å². The molecule has 1 heterocycles. The number of amides is 1. The molecule has 1 aromatic carbocycles.